The number of hydrogen-bond acceptors (Lipinski definition) is 4. The van der Waals surface area contributed by atoms with Gasteiger partial charge in [0.05, 0.1) is 0 Å². The lowest BCUT2D eigenvalue weighted by atomic mass is 9.94. The van der Waals surface area contributed by atoms with Crippen LogP contribution in [0.5, 0.6) is 5.75 Å². The molecule has 3 rings (SSSR count). The molecule has 6 heteroatoms. The molecule has 140 valence electrons. The molecule has 0 aliphatic heterocycles. The number of likely N-dealkylation sites (N-methyl/N-ethyl adjacent to an activating group) is 1. The van der Waals surface area contributed by atoms with Gasteiger partial charge in [-0.25, -0.2) is 4.79 Å². The lowest BCUT2D eigenvalue weighted by Gasteiger charge is -2.36. The average molecular weight is 374 g/mol. The van der Waals surface area contributed by atoms with Crippen molar-refractivity contribution in [3.05, 3.63) is 51.7 Å². The molecule has 0 spiro atoms. The fourth-order valence-electron chi connectivity index (χ4n) is 3.65. The van der Waals surface area contributed by atoms with Gasteiger partial charge >= 0.3 is 6.03 Å². The number of amides is 2. The Morgan fingerprint density at radius 1 is 1.31 bits per heavy atom. The van der Waals surface area contributed by atoms with Crippen molar-refractivity contribution >= 4 is 17.4 Å². The van der Waals surface area contributed by atoms with E-state index in [1.165, 1.54) is 11.1 Å². The molecule has 0 saturated heterocycles. The number of nitrogens with one attached hydrogen (secondary N) is 2. The standard InChI is InChI=1S/C20H27N3O2S/c1-14(8-15-6-7-26-12-15)22-19(25)21-13-20(23(2)3)10-16-4-5-18(24)9-17(16)11-20/h4-7,9,12,14,24H,8,10-11,13H2,1-3H3,(H2,21,22,25)/t14?,20-/m1/s1. The number of carbonyl (C=O) groups is 1. The summed E-state index contributed by atoms with van der Waals surface area (Å²) >= 11 is 1.67. The Labute approximate surface area is 159 Å². The van der Waals surface area contributed by atoms with Crippen molar-refractivity contribution in [3.8, 4) is 5.75 Å². The summed E-state index contributed by atoms with van der Waals surface area (Å²) in [5.41, 5.74) is 3.49. The van der Waals surface area contributed by atoms with Gasteiger partial charge in [-0.15, -0.1) is 0 Å². The Morgan fingerprint density at radius 3 is 2.77 bits per heavy atom. The molecule has 1 aromatic heterocycles. The van der Waals surface area contributed by atoms with E-state index < -0.39 is 0 Å². The van der Waals surface area contributed by atoms with Crippen LogP contribution in [0, 0.1) is 0 Å². The highest BCUT2D eigenvalue weighted by Gasteiger charge is 2.39. The number of phenols is 1. The van der Waals surface area contributed by atoms with Gasteiger partial charge in [0.1, 0.15) is 5.75 Å². The van der Waals surface area contributed by atoms with Crippen LogP contribution in [0.3, 0.4) is 0 Å². The van der Waals surface area contributed by atoms with Crippen LogP contribution in [0.4, 0.5) is 4.79 Å². The predicted octanol–water partition coefficient (Wildman–Crippen LogP) is 2.78. The minimum Gasteiger partial charge on any atom is -0.508 e. The van der Waals surface area contributed by atoms with Crippen LogP contribution < -0.4 is 10.6 Å². The lowest BCUT2D eigenvalue weighted by Crippen LogP contribution is -2.55. The summed E-state index contributed by atoms with van der Waals surface area (Å²) in [5, 5.41) is 20.0. The maximum Gasteiger partial charge on any atom is 0.315 e. The number of aromatic hydroxyl groups is 1. The molecule has 0 fully saturated rings. The Morgan fingerprint density at radius 2 is 2.08 bits per heavy atom. The van der Waals surface area contributed by atoms with Crippen LogP contribution in [0.1, 0.15) is 23.6 Å². The zero-order chi connectivity index (χ0) is 18.7. The molecule has 2 aromatic rings. The van der Waals surface area contributed by atoms with Gasteiger partial charge in [-0.3, -0.25) is 0 Å². The summed E-state index contributed by atoms with van der Waals surface area (Å²) in [6.07, 6.45) is 2.51. The third-order valence-electron chi connectivity index (χ3n) is 5.26. The molecule has 3 N–H and O–H groups in total. The van der Waals surface area contributed by atoms with Crippen LogP contribution in [0.25, 0.3) is 0 Å². The highest BCUT2D eigenvalue weighted by atomic mass is 32.1. The third-order valence-corrected chi connectivity index (χ3v) is 5.99. The lowest BCUT2D eigenvalue weighted by molar-refractivity contribution is 0.157. The molecule has 2 atom stereocenters. The second-order valence-electron chi connectivity index (χ2n) is 7.49. The minimum atomic E-state index is -0.163. The van der Waals surface area contributed by atoms with Crippen molar-refractivity contribution in [2.24, 2.45) is 0 Å². The molecule has 0 bridgehead atoms. The number of fused-ring (bicyclic) bond motifs is 1. The van der Waals surface area contributed by atoms with E-state index in [4.69, 9.17) is 0 Å². The van der Waals surface area contributed by atoms with Gasteiger partial charge in [0.2, 0.25) is 0 Å². The molecule has 1 unspecified atom stereocenters. The van der Waals surface area contributed by atoms with Gasteiger partial charge in [0, 0.05) is 18.1 Å². The second kappa shape index (κ2) is 7.68. The normalized spacial score (nSPS) is 20.0. The number of carbonyl (C=O) groups excluding carboxylic acids is 1. The smallest absolute Gasteiger partial charge is 0.315 e. The van der Waals surface area contributed by atoms with Gasteiger partial charge in [0.15, 0.2) is 0 Å². The Hall–Kier alpha value is -2.05. The van der Waals surface area contributed by atoms with Crippen LogP contribution in [-0.2, 0) is 19.3 Å². The molecule has 5 nitrogen and oxygen atoms in total. The van der Waals surface area contributed by atoms with Crippen molar-refractivity contribution in [2.45, 2.75) is 37.8 Å². The zero-order valence-electron chi connectivity index (χ0n) is 15.6. The largest absolute Gasteiger partial charge is 0.508 e. The first kappa shape index (κ1) is 18.7. The Balaban J connectivity index is 1.57. The number of thiophene rings is 1. The van der Waals surface area contributed by atoms with Gasteiger partial charge in [0.25, 0.3) is 0 Å². The summed E-state index contributed by atoms with van der Waals surface area (Å²) in [5.74, 6) is 0.297. The Bertz CT molecular complexity index is 760. The molecule has 0 radical (unpaired) electrons. The van der Waals surface area contributed by atoms with E-state index in [0.29, 0.717) is 12.3 Å². The highest BCUT2D eigenvalue weighted by molar-refractivity contribution is 7.07. The summed E-state index contributed by atoms with van der Waals surface area (Å²) in [6.45, 7) is 2.58. The third kappa shape index (κ3) is 4.19. The van der Waals surface area contributed by atoms with Crippen molar-refractivity contribution in [1.82, 2.24) is 15.5 Å². The van der Waals surface area contributed by atoms with Gasteiger partial charge in [-0.1, -0.05) is 6.07 Å². The predicted molar refractivity (Wildman–Crippen MR) is 106 cm³/mol. The van der Waals surface area contributed by atoms with E-state index in [2.05, 4.69) is 32.4 Å². The van der Waals surface area contributed by atoms with Crippen molar-refractivity contribution in [3.63, 3.8) is 0 Å². The average Bonchev–Trinajstić information content (AvgIpc) is 3.20. The number of phenolic OH excluding ortho intramolecular Hbond substituents is 1. The maximum atomic E-state index is 12.4. The zero-order valence-corrected chi connectivity index (χ0v) is 16.4. The van der Waals surface area contributed by atoms with Gasteiger partial charge in [-0.05, 0) is 85.9 Å². The summed E-state index contributed by atoms with van der Waals surface area (Å²) < 4.78 is 0. The van der Waals surface area contributed by atoms with Crippen molar-refractivity contribution < 1.29 is 9.90 Å². The molecular formula is C20H27N3O2S. The van der Waals surface area contributed by atoms with E-state index in [0.717, 1.165) is 24.8 Å². The minimum absolute atomic E-state index is 0.0811. The maximum absolute atomic E-state index is 12.4. The number of benzene rings is 1. The molecule has 1 heterocycles. The quantitative estimate of drug-likeness (QED) is 0.730. The summed E-state index contributed by atoms with van der Waals surface area (Å²) in [7, 11) is 4.09. The second-order valence-corrected chi connectivity index (χ2v) is 8.27. The first-order valence-corrected chi connectivity index (χ1v) is 9.86. The topological polar surface area (TPSA) is 64.6 Å². The molecule has 2 amide bonds. The van der Waals surface area contributed by atoms with Crippen LogP contribution in [-0.4, -0.2) is 48.3 Å². The van der Waals surface area contributed by atoms with E-state index >= 15 is 0 Å². The monoisotopic (exact) mass is 373 g/mol. The SMILES string of the molecule is CC(Cc1ccsc1)NC(=O)NC[C@@]1(N(C)C)Cc2ccc(O)cc2C1. The molecular weight excluding hydrogens is 346 g/mol. The van der Waals surface area contributed by atoms with Crippen LogP contribution in [0.15, 0.2) is 35.0 Å². The molecule has 1 aromatic carbocycles. The molecule has 0 saturated carbocycles. The number of urea groups is 1. The fourth-order valence-corrected chi connectivity index (χ4v) is 4.33. The first-order chi connectivity index (χ1) is 12.4. The van der Waals surface area contributed by atoms with Crippen molar-refractivity contribution in [2.75, 3.05) is 20.6 Å². The molecule has 26 heavy (non-hydrogen) atoms. The Kier molecular flexibility index (Phi) is 5.53. The van der Waals surface area contributed by atoms with E-state index in [-0.39, 0.29) is 17.6 Å². The molecule has 1 aliphatic carbocycles. The van der Waals surface area contributed by atoms with Crippen molar-refractivity contribution in [1.29, 1.82) is 0 Å². The first-order valence-electron chi connectivity index (χ1n) is 8.92. The van der Waals surface area contributed by atoms with E-state index in [1.807, 2.05) is 33.2 Å². The van der Waals surface area contributed by atoms with Crippen LogP contribution in [0.2, 0.25) is 0 Å². The van der Waals surface area contributed by atoms with Gasteiger partial charge < -0.3 is 20.6 Å². The van der Waals surface area contributed by atoms with E-state index in [9.17, 15) is 9.90 Å². The number of hydrogen-bond donors (Lipinski definition) is 3. The number of rotatable bonds is 6. The molecule has 1 aliphatic rings. The van der Waals surface area contributed by atoms with Gasteiger partial charge in [-0.2, -0.15) is 11.3 Å². The van der Waals surface area contributed by atoms with E-state index in [1.54, 1.807) is 17.4 Å². The number of nitrogens with zero attached hydrogens (tertiary/aromatic N) is 1. The van der Waals surface area contributed by atoms with Crippen LogP contribution >= 0.6 is 11.3 Å². The fraction of sp³-hybridized carbons (Fsp3) is 0.450. The summed E-state index contributed by atoms with van der Waals surface area (Å²) in [6, 6.07) is 7.59. The highest BCUT2D eigenvalue weighted by Crippen LogP contribution is 2.34. The summed E-state index contributed by atoms with van der Waals surface area (Å²) in [4.78, 5) is 14.5.